The van der Waals surface area contributed by atoms with Crippen molar-refractivity contribution < 1.29 is 14.6 Å². The number of fused-ring (bicyclic) bond motifs is 1. The van der Waals surface area contributed by atoms with Crippen molar-refractivity contribution in [3.63, 3.8) is 0 Å². The fraction of sp³-hybridized carbons (Fsp3) is 0.448. The Hall–Kier alpha value is -3.28. The van der Waals surface area contributed by atoms with Crippen molar-refractivity contribution >= 4 is 16.9 Å². The summed E-state index contributed by atoms with van der Waals surface area (Å²) < 4.78 is 8.15. The molecule has 0 fully saturated rings. The second kappa shape index (κ2) is 11.0. The minimum atomic E-state index is -1.13. The number of carbonyl (C=O) groups is 1. The van der Waals surface area contributed by atoms with Crippen LogP contribution in [0.4, 0.5) is 4.79 Å². The Morgan fingerprint density at radius 2 is 1.74 bits per heavy atom. The average Bonchev–Trinajstić information content (AvgIpc) is 2.80. The largest absolute Gasteiger partial charge is 0.491 e. The highest BCUT2D eigenvalue weighted by atomic mass is 16.5. The molecule has 1 aromatic heterocycles. The minimum absolute atomic E-state index is 0.132. The Bertz CT molecular complexity index is 1220. The quantitative estimate of drug-likeness (QED) is 0.329. The number of ether oxygens (including phenoxy) is 1. The smallest absolute Gasteiger partial charge is 0.405 e. The van der Waals surface area contributed by atoms with E-state index in [-0.39, 0.29) is 11.5 Å². The van der Waals surface area contributed by atoms with E-state index < -0.39 is 17.6 Å². The molecule has 3 aromatic rings. The highest BCUT2D eigenvalue weighted by Crippen LogP contribution is 2.41. The molecule has 0 aliphatic carbocycles. The Morgan fingerprint density at radius 1 is 1.06 bits per heavy atom. The Kier molecular flexibility index (Phi) is 8.26. The molecule has 0 saturated carbocycles. The zero-order valence-corrected chi connectivity index (χ0v) is 21.7. The van der Waals surface area contributed by atoms with E-state index in [4.69, 9.17) is 4.74 Å². The van der Waals surface area contributed by atoms with E-state index in [1.807, 2.05) is 83.1 Å². The lowest BCUT2D eigenvalue weighted by atomic mass is 9.83. The molecule has 0 spiro atoms. The molecule has 0 saturated heterocycles. The maximum atomic E-state index is 13.9. The number of amides is 1. The van der Waals surface area contributed by atoms with E-state index in [1.54, 1.807) is 4.57 Å². The van der Waals surface area contributed by atoms with Crippen LogP contribution >= 0.6 is 0 Å². The van der Waals surface area contributed by atoms with Crippen molar-refractivity contribution in [1.82, 2.24) is 9.88 Å². The molecule has 6 nitrogen and oxygen atoms in total. The van der Waals surface area contributed by atoms with Crippen LogP contribution in [0.15, 0.2) is 53.3 Å². The maximum absolute atomic E-state index is 13.9. The first kappa shape index (κ1) is 26.3. The van der Waals surface area contributed by atoms with Gasteiger partial charge in [-0.25, -0.2) is 4.79 Å². The van der Waals surface area contributed by atoms with E-state index in [0.717, 1.165) is 24.0 Å². The van der Waals surface area contributed by atoms with Gasteiger partial charge in [-0.3, -0.25) is 4.79 Å². The maximum Gasteiger partial charge on any atom is 0.405 e. The van der Waals surface area contributed by atoms with Crippen LogP contribution in [0.2, 0.25) is 0 Å². The van der Waals surface area contributed by atoms with Crippen molar-refractivity contribution in [2.75, 3.05) is 6.61 Å². The first-order valence-corrected chi connectivity index (χ1v) is 12.4. The molecule has 2 N–H and O–H groups in total. The van der Waals surface area contributed by atoms with E-state index in [1.165, 1.54) is 0 Å². The number of carboxylic acid groups (broad SMARTS) is 1. The van der Waals surface area contributed by atoms with Gasteiger partial charge >= 0.3 is 6.09 Å². The van der Waals surface area contributed by atoms with Crippen molar-refractivity contribution in [1.29, 1.82) is 0 Å². The highest BCUT2D eigenvalue weighted by Gasteiger charge is 2.35. The molecule has 188 valence electrons. The van der Waals surface area contributed by atoms with Gasteiger partial charge in [0.2, 0.25) is 0 Å². The van der Waals surface area contributed by atoms with Crippen LogP contribution in [-0.4, -0.2) is 22.4 Å². The Morgan fingerprint density at radius 3 is 2.31 bits per heavy atom. The molecule has 1 amide bonds. The molecular formula is C29H38N2O4. The number of hydrogen-bond acceptors (Lipinski definition) is 3. The Balaban J connectivity index is 2.43. The summed E-state index contributed by atoms with van der Waals surface area (Å²) in [6.45, 7) is 13.1. The summed E-state index contributed by atoms with van der Waals surface area (Å²) in [5.41, 5.74) is 1.97. The summed E-state index contributed by atoms with van der Waals surface area (Å²) in [6.07, 6.45) is 0.686. The van der Waals surface area contributed by atoms with Crippen molar-refractivity contribution in [3.8, 4) is 16.9 Å². The average molecular weight is 479 g/mol. The third-order valence-corrected chi connectivity index (χ3v) is 6.07. The molecule has 6 heteroatoms. The molecule has 35 heavy (non-hydrogen) atoms. The van der Waals surface area contributed by atoms with Crippen LogP contribution in [-0.2, 0) is 6.54 Å². The summed E-state index contributed by atoms with van der Waals surface area (Å²) in [6, 6.07) is 15.2. The van der Waals surface area contributed by atoms with Gasteiger partial charge in [-0.05, 0) is 41.0 Å². The third-order valence-electron chi connectivity index (χ3n) is 6.07. The number of nitrogens with zero attached hydrogens (tertiary/aromatic N) is 1. The number of aromatic nitrogens is 1. The van der Waals surface area contributed by atoms with Gasteiger partial charge in [0.15, 0.2) is 0 Å². The molecule has 0 radical (unpaired) electrons. The number of unbranched alkanes of at least 4 members (excludes halogenated alkanes) is 1. The van der Waals surface area contributed by atoms with Crippen LogP contribution in [0.1, 0.15) is 66.1 Å². The van der Waals surface area contributed by atoms with Crippen molar-refractivity contribution in [3.05, 3.63) is 64.6 Å². The standard InChI is InChI=1S/C29H38N2O4/c1-7-8-16-35-25-23-17-21(20-12-10-9-11-13-20)14-15-22(23)27(32)31(18-19(2)3)24(25)26(29(4,5)6)30-28(33)34/h9-15,17,19,26,30H,7-8,16,18H2,1-6H3,(H,33,34). The molecule has 0 aliphatic heterocycles. The number of benzene rings is 2. The van der Waals surface area contributed by atoms with Gasteiger partial charge in [-0.2, -0.15) is 0 Å². The normalized spacial score (nSPS) is 12.7. The summed E-state index contributed by atoms with van der Waals surface area (Å²) in [4.78, 5) is 25.7. The number of pyridine rings is 1. The van der Waals surface area contributed by atoms with Crippen LogP contribution in [0.25, 0.3) is 21.9 Å². The molecule has 3 rings (SSSR count). The molecule has 0 bridgehead atoms. The first-order chi connectivity index (χ1) is 16.5. The lowest BCUT2D eigenvalue weighted by Gasteiger charge is -2.34. The predicted octanol–water partition coefficient (Wildman–Crippen LogP) is 6.86. The van der Waals surface area contributed by atoms with E-state index in [2.05, 4.69) is 12.2 Å². The van der Waals surface area contributed by atoms with Crippen LogP contribution in [0.5, 0.6) is 5.75 Å². The molecule has 1 atom stereocenters. The lowest BCUT2D eigenvalue weighted by molar-refractivity contribution is 0.170. The molecule has 0 aliphatic rings. The van der Waals surface area contributed by atoms with E-state index in [0.29, 0.717) is 35.4 Å². The monoisotopic (exact) mass is 478 g/mol. The summed E-state index contributed by atoms with van der Waals surface area (Å²) >= 11 is 0. The Labute approximate surface area is 207 Å². The van der Waals surface area contributed by atoms with Gasteiger partial charge in [0.25, 0.3) is 5.56 Å². The minimum Gasteiger partial charge on any atom is -0.491 e. The molecule has 1 heterocycles. The van der Waals surface area contributed by atoms with Gasteiger partial charge in [0.05, 0.1) is 23.7 Å². The van der Waals surface area contributed by atoms with Gasteiger partial charge in [-0.15, -0.1) is 0 Å². The van der Waals surface area contributed by atoms with E-state index in [9.17, 15) is 14.7 Å². The highest BCUT2D eigenvalue weighted by molar-refractivity contribution is 5.92. The SMILES string of the molecule is CCCCOc1c(C(NC(=O)O)C(C)(C)C)n(CC(C)C)c(=O)c2ccc(-c3ccccc3)cc12. The fourth-order valence-corrected chi connectivity index (χ4v) is 4.37. The second-order valence-electron chi connectivity index (χ2n) is 10.6. The fourth-order valence-electron chi connectivity index (χ4n) is 4.37. The van der Waals surface area contributed by atoms with Crippen LogP contribution in [0, 0.1) is 11.3 Å². The predicted molar refractivity (Wildman–Crippen MR) is 142 cm³/mol. The van der Waals surface area contributed by atoms with Gasteiger partial charge < -0.3 is 19.7 Å². The topological polar surface area (TPSA) is 80.6 Å². The van der Waals surface area contributed by atoms with Crippen molar-refractivity contribution in [2.24, 2.45) is 11.3 Å². The zero-order chi connectivity index (χ0) is 25.8. The first-order valence-electron chi connectivity index (χ1n) is 12.4. The third kappa shape index (κ3) is 6.05. The summed E-state index contributed by atoms with van der Waals surface area (Å²) in [5, 5.41) is 13.7. The molecule has 2 aromatic carbocycles. The summed E-state index contributed by atoms with van der Waals surface area (Å²) in [7, 11) is 0. The number of hydrogen-bond donors (Lipinski definition) is 2. The van der Waals surface area contributed by atoms with Gasteiger partial charge in [0, 0.05) is 11.9 Å². The number of nitrogens with one attached hydrogen (secondary N) is 1. The van der Waals surface area contributed by atoms with Crippen molar-refractivity contribution in [2.45, 2.75) is 67.0 Å². The second-order valence-corrected chi connectivity index (χ2v) is 10.6. The molecular weight excluding hydrogens is 440 g/mol. The number of rotatable bonds is 9. The van der Waals surface area contributed by atoms with E-state index >= 15 is 0 Å². The lowest BCUT2D eigenvalue weighted by Crippen LogP contribution is -2.40. The van der Waals surface area contributed by atoms with Gasteiger partial charge in [-0.1, -0.05) is 84.4 Å². The van der Waals surface area contributed by atoms with Crippen LogP contribution in [0.3, 0.4) is 0 Å². The van der Waals surface area contributed by atoms with Crippen LogP contribution < -0.4 is 15.6 Å². The van der Waals surface area contributed by atoms with Gasteiger partial charge in [0.1, 0.15) is 5.75 Å². The molecule has 1 unspecified atom stereocenters. The zero-order valence-electron chi connectivity index (χ0n) is 21.7. The summed E-state index contributed by atoms with van der Waals surface area (Å²) in [5.74, 6) is 0.765.